The van der Waals surface area contributed by atoms with Gasteiger partial charge in [-0.3, -0.25) is 9.55 Å². The number of ether oxygens (including phenoxy) is 1. The third-order valence-electron chi connectivity index (χ3n) is 5.67. The lowest BCUT2D eigenvalue weighted by atomic mass is 10.0. The Morgan fingerprint density at radius 2 is 1.89 bits per heavy atom. The van der Waals surface area contributed by atoms with Crippen LogP contribution in [0.2, 0.25) is 0 Å². The second kappa shape index (κ2) is 9.12. The maximum Gasteiger partial charge on any atom is 0.416 e. The Morgan fingerprint density at radius 3 is 2.61 bits per heavy atom. The molecular formula is C26H18F3N3O3S. The quantitative estimate of drug-likeness (QED) is 0.267. The summed E-state index contributed by atoms with van der Waals surface area (Å²) >= 11 is 0.954. The van der Waals surface area contributed by atoms with E-state index >= 15 is 0 Å². The number of rotatable bonds is 6. The number of imidazole rings is 1. The van der Waals surface area contributed by atoms with Gasteiger partial charge in [-0.2, -0.15) is 13.2 Å². The summed E-state index contributed by atoms with van der Waals surface area (Å²) in [5.41, 5.74) is 2.39. The molecule has 5 aromatic rings. The van der Waals surface area contributed by atoms with Crippen LogP contribution in [-0.4, -0.2) is 25.6 Å². The van der Waals surface area contributed by atoms with Gasteiger partial charge >= 0.3 is 12.1 Å². The van der Waals surface area contributed by atoms with E-state index < -0.39 is 23.8 Å². The molecule has 3 aromatic heterocycles. The van der Waals surface area contributed by atoms with E-state index in [1.165, 1.54) is 31.2 Å². The molecule has 10 heteroatoms. The molecule has 5 rings (SSSR count). The van der Waals surface area contributed by atoms with Gasteiger partial charge in [-0.15, -0.1) is 11.3 Å². The SMILES string of the molecule is C[C@@H](Oc1cc(-n2cnc3cc(-c4cccnc4)ccc32)sc1C(=O)O)c1ccccc1C(F)(F)F. The number of carbonyl (C=O) groups is 1. The number of aromatic nitrogens is 3. The fraction of sp³-hybridized carbons (Fsp3) is 0.115. The molecule has 0 aliphatic rings. The third kappa shape index (κ3) is 4.42. The highest BCUT2D eigenvalue weighted by Crippen LogP contribution is 2.39. The number of benzene rings is 2. The molecule has 182 valence electrons. The molecule has 6 nitrogen and oxygen atoms in total. The molecule has 0 unspecified atom stereocenters. The van der Waals surface area contributed by atoms with Gasteiger partial charge in [0, 0.05) is 29.6 Å². The number of hydrogen-bond acceptors (Lipinski definition) is 5. The van der Waals surface area contributed by atoms with Crippen LogP contribution in [0.3, 0.4) is 0 Å². The second-order valence-electron chi connectivity index (χ2n) is 7.99. The van der Waals surface area contributed by atoms with Crippen LogP contribution in [0, 0.1) is 0 Å². The van der Waals surface area contributed by atoms with Crippen LogP contribution in [0.25, 0.3) is 27.2 Å². The summed E-state index contributed by atoms with van der Waals surface area (Å²) in [6.07, 6.45) is -0.589. The Kier molecular flexibility index (Phi) is 5.97. The summed E-state index contributed by atoms with van der Waals surface area (Å²) in [4.78, 5) is 20.4. The summed E-state index contributed by atoms with van der Waals surface area (Å²) in [5.74, 6) is -1.25. The van der Waals surface area contributed by atoms with Crippen LogP contribution < -0.4 is 4.74 Å². The molecule has 36 heavy (non-hydrogen) atoms. The lowest BCUT2D eigenvalue weighted by molar-refractivity contribution is -0.139. The highest BCUT2D eigenvalue weighted by molar-refractivity contribution is 7.16. The summed E-state index contributed by atoms with van der Waals surface area (Å²) in [5, 5.41) is 10.2. The standard InChI is InChI=1S/C26H18F3N3O3S/c1-15(18-6-2-3-7-19(18)26(27,28)29)35-22-12-23(36-24(22)25(33)34)32-14-31-20-11-16(8-9-21(20)32)17-5-4-10-30-13-17/h2-15H,1H3,(H,33,34)/t15-/m1/s1. The van der Waals surface area contributed by atoms with Crippen LogP contribution >= 0.6 is 11.3 Å². The zero-order valence-corrected chi connectivity index (χ0v) is 19.5. The third-order valence-corrected chi connectivity index (χ3v) is 6.77. The fourth-order valence-electron chi connectivity index (χ4n) is 3.98. The van der Waals surface area contributed by atoms with Crippen LogP contribution in [-0.2, 0) is 6.18 Å². The number of hydrogen-bond donors (Lipinski definition) is 1. The van der Waals surface area contributed by atoms with Gasteiger partial charge in [0.15, 0.2) is 4.88 Å². The Bertz CT molecular complexity index is 1560. The molecule has 0 saturated carbocycles. The molecule has 0 radical (unpaired) electrons. The van der Waals surface area contributed by atoms with Crippen molar-refractivity contribution in [2.75, 3.05) is 0 Å². The number of carboxylic acids is 1. The van der Waals surface area contributed by atoms with Crippen LogP contribution in [0.15, 0.2) is 79.4 Å². The lowest BCUT2D eigenvalue weighted by Crippen LogP contribution is -2.14. The topological polar surface area (TPSA) is 77.2 Å². The maximum atomic E-state index is 13.5. The van der Waals surface area contributed by atoms with Gasteiger partial charge in [0.25, 0.3) is 0 Å². The molecule has 0 aliphatic heterocycles. The number of nitrogens with zero attached hydrogens (tertiary/aromatic N) is 3. The van der Waals surface area contributed by atoms with Gasteiger partial charge in [0.1, 0.15) is 23.2 Å². The summed E-state index contributed by atoms with van der Waals surface area (Å²) in [6, 6.07) is 16.1. The van der Waals surface area contributed by atoms with Gasteiger partial charge < -0.3 is 9.84 Å². The average Bonchev–Trinajstić information content (AvgIpc) is 3.47. The first-order valence-electron chi connectivity index (χ1n) is 10.8. The van der Waals surface area contributed by atoms with Crippen molar-refractivity contribution in [3.63, 3.8) is 0 Å². The van der Waals surface area contributed by atoms with Gasteiger partial charge in [0.2, 0.25) is 0 Å². The fourth-order valence-corrected chi connectivity index (χ4v) is 4.90. The Hall–Kier alpha value is -4.18. The number of thiophene rings is 1. The van der Waals surface area contributed by atoms with Gasteiger partial charge in [0.05, 0.1) is 16.6 Å². The first-order chi connectivity index (χ1) is 17.2. The molecule has 0 amide bonds. The van der Waals surface area contributed by atoms with E-state index in [-0.39, 0.29) is 16.2 Å². The Balaban J connectivity index is 1.50. The zero-order chi connectivity index (χ0) is 25.4. The molecule has 0 aliphatic carbocycles. The second-order valence-corrected chi connectivity index (χ2v) is 9.02. The van der Waals surface area contributed by atoms with Gasteiger partial charge in [-0.05, 0) is 36.8 Å². The molecule has 0 bridgehead atoms. The van der Waals surface area contributed by atoms with Crippen molar-refractivity contribution in [3.05, 3.63) is 95.4 Å². The zero-order valence-electron chi connectivity index (χ0n) is 18.7. The van der Waals surface area contributed by atoms with E-state index in [0.717, 1.165) is 34.0 Å². The van der Waals surface area contributed by atoms with Crippen molar-refractivity contribution < 1.29 is 27.8 Å². The normalized spacial score (nSPS) is 12.6. The molecule has 0 saturated heterocycles. The molecule has 1 atom stereocenters. The van der Waals surface area contributed by atoms with E-state index in [0.29, 0.717) is 10.5 Å². The van der Waals surface area contributed by atoms with Crippen molar-refractivity contribution >= 4 is 28.3 Å². The first-order valence-corrected chi connectivity index (χ1v) is 11.6. The minimum Gasteiger partial charge on any atom is -0.484 e. The van der Waals surface area contributed by atoms with Crippen LogP contribution in [0.5, 0.6) is 5.75 Å². The van der Waals surface area contributed by atoms with Crippen molar-refractivity contribution in [2.45, 2.75) is 19.2 Å². The van der Waals surface area contributed by atoms with E-state index in [1.54, 1.807) is 23.3 Å². The van der Waals surface area contributed by atoms with E-state index in [2.05, 4.69) is 9.97 Å². The van der Waals surface area contributed by atoms with E-state index in [9.17, 15) is 23.1 Å². The maximum absolute atomic E-state index is 13.5. The highest BCUT2D eigenvalue weighted by atomic mass is 32.1. The predicted octanol–water partition coefficient (Wildman–Crippen LogP) is 7.01. The van der Waals surface area contributed by atoms with Crippen LogP contribution in [0.1, 0.15) is 33.8 Å². The number of aromatic carboxylic acids is 1. The van der Waals surface area contributed by atoms with Crippen molar-refractivity contribution in [2.24, 2.45) is 0 Å². The number of alkyl halides is 3. The Labute approximate surface area is 207 Å². The summed E-state index contributed by atoms with van der Waals surface area (Å²) < 4.78 is 47.9. The largest absolute Gasteiger partial charge is 0.484 e. The molecular weight excluding hydrogens is 491 g/mol. The monoisotopic (exact) mass is 509 g/mol. The van der Waals surface area contributed by atoms with E-state index in [1.807, 2.05) is 30.3 Å². The molecule has 2 aromatic carbocycles. The van der Waals surface area contributed by atoms with Crippen molar-refractivity contribution in [3.8, 4) is 21.9 Å². The first kappa shape index (κ1) is 23.6. The molecule has 0 spiro atoms. The number of fused-ring (bicyclic) bond motifs is 1. The minimum atomic E-state index is -4.56. The van der Waals surface area contributed by atoms with Crippen molar-refractivity contribution in [1.29, 1.82) is 0 Å². The van der Waals surface area contributed by atoms with Gasteiger partial charge in [-0.1, -0.05) is 30.3 Å². The number of halogens is 3. The molecule has 3 heterocycles. The molecule has 0 fully saturated rings. The van der Waals surface area contributed by atoms with Crippen LogP contribution in [0.4, 0.5) is 13.2 Å². The number of carboxylic acid groups (broad SMARTS) is 1. The summed E-state index contributed by atoms with van der Waals surface area (Å²) in [6.45, 7) is 1.46. The minimum absolute atomic E-state index is 0.0131. The highest BCUT2D eigenvalue weighted by Gasteiger charge is 2.35. The predicted molar refractivity (Wildman–Crippen MR) is 130 cm³/mol. The van der Waals surface area contributed by atoms with Crippen molar-refractivity contribution in [1.82, 2.24) is 14.5 Å². The lowest BCUT2D eigenvalue weighted by Gasteiger charge is -2.19. The number of pyridine rings is 1. The molecule has 1 N–H and O–H groups in total. The Morgan fingerprint density at radius 1 is 1.08 bits per heavy atom. The smallest absolute Gasteiger partial charge is 0.416 e. The van der Waals surface area contributed by atoms with Gasteiger partial charge in [-0.25, -0.2) is 9.78 Å². The average molecular weight is 510 g/mol. The van der Waals surface area contributed by atoms with E-state index in [4.69, 9.17) is 4.74 Å². The summed E-state index contributed by atoms with van der Waals surface area (Å²) in [7, 11) is 0.